The minimum atomic E-state index is 0.517. The van der Waals surface area contributed by atoms with E-state index in [1.54, 1.807) is 0 Å². The number of nitrogens with one attached hydrogen (secondary N) is 2. The summed E-state index contributed by atoms with van der Waals surface area (Å²) in [6.07, 6.45) is 0. The van der Waals surface area contributed by atoms with Crippen LogP contribution in [0.2, 0.25) is 0 Å². The zero-order valence-electron chi connectivity index (χ0n) is 17.7. The molecule has 7 nitrogen and oxygen atoms in total. The highest BCUT2D eigenvalue weighted by Crippen LogP contribution is 2.20. The first kappa shape index (κ1) is 20.1. The van der Waals surface area contributed by atoms with E-state index >= 15 is 0 Å². The van der Waals surface area contributed by atoms with E-state index in [1.165, 1.54) is 0 Å². The Labute approximate surface area is 167 Å². The molecule has 3 rings (SSSR count). The summed E-state index contributed by atoms with van der Waals surface area (Å²) in [4.78, 5) is 16.2. The summed E-state index contributed by atoms with van der Waals surface area (Å²) in [7, 11) is 1.99. The Bertz CT molecular complexity index is 922. The lowest BCUT2D eigenvalue weighted by atomic mass is 10.2. The van der Waals surface area contributed by atoms with Gasteiger partial charge in [0.05, 0.1) is 11.0 Å². The van der Waals surface area contributed by atoms with E-state index in [0.717, 1.165) is 41.6 Å². The van der Waals surface area contributed by atoms with Crippen molar-refractivity contribution in [1.82, 2.24) is 24.4 Å². The topological polar surface area (TPSA) is 70.9 Å². The lowest BCUT2D eigenvalue weighted by Crippen LogP contribution is -2.40. The number of aryl methyl sites for hydroxylation is 2. The molecule has 0 radical (unpaired) electrons. The van der Waals surface area contributed by atoms with E-state index in [2.05, 4.69) is 58.2 Å². The highest BCUT2D eigenvalue weighted by molar-refractivity contribution is 5.79. The molecule has 0 saturated carbocycles. The smallest absolute Gasteiger partial charge is 0.231 e. The predicted molar refractivity (Wildman–Crippen MR) is 116 cm³/mol. The average Bonchev–Trinajstić information content (AvgIpc) is 2.93. The van der Waals surface area contributed by atoms with Crippen LogP contribution >= 0.6 is 0 Å². The molecule has 2 aromatic heterocycles. The Kier molecular flexibility index (Phi) is 6.14. The molecule has 0 aliphatic carbocycles. The van der Waals surface area contributed by atoms with Crippen LogP contribution in [0.3, 0.4) is 0 Å². The van der Waals surface area contributed by atoms with Gasteiger partial charge in [-0.2, -0.15) is 4.98 Å². The summed E-state index contributed by atoms with van der Waals surface area (Å²) in [5, 5.41) is 6.69. The number of para-hydroxylation sites is 2. The highest BCUT2D eigenvalue weighted by Gasteiger charge is 2.13. The molecule has 7 heteroatoms. The molecule has 0 unspecified atom stereocenters. The number of rotatable bonds is 8. The molecule has 0 bridgehead atoms. The lowest BCUT2D eigenvalue weighted by molar-refractivity contribution is 0.182. The minimum Gasteiger partial charge on any atom is -0.369 e. The number of benzene rings is 1. The maximum absolute atomic E-state index is 4.64. The standard InChI is InChI=1S/C21H31N7/c1-14(2)28(15(3)4)12-11-22-19-13-16(5)23-20(25-19)26-21-24-17-9-7-8-10-18(17)27(21)6/h7-10,13-15H,11-12H2,1-6H3,(H2,22,23,24,25,26). The number of hydrogen-bond acceptors (Lipinski definition) is 6. The van der Waals surface area contributed by atoms with Crippen LogP contribution in [-0.2, 0) is 7.05 Å². The fraction of sp³-hybridized carbons (Fsp3) is 0.476. The second-order valence-corrected chi connectivity index (χ2v) is 7.68. The lowest BCUT2D eigenvalue weighted by Gasteiger charge is -2.30. The molecule has 0 fully saturated rings. The normalized spacial score (nSPS) is 11.8. The first-order chi connectivity index (χ1) is 13.3. The van der Waals surface area contributed by atoms with E-state index in [4.69, 9.17) is 0 Å². The number of nitrogens with zero attached hydrogens (tertiary/aromatic N) is 5. The third kappa shape index (κ3) is 4.59. The van der Waals surface area contributed by atoms with E-state index in [0.29, 0.717) is 18.0 Å². The van der Waals surface area contributed by atoms with Gasteiger partial charge in [0.1, 0.15) is 5.82 Å². The molecule has 2 heterocycles. The summed E-state index contributed by atoms with van der Waals surface area (Å²) in [5.74, 6) is 2.09. The van der Waals surface area contributed by atoms with Crippen molar-refractivity contribution in [2.75, 3.05) is 23.7 Å². The van der Waals surface area contributed by atoms with Crippen LogP contribution < -0.4 is 10.6 Å². The van der Waals surface area contributed by atoms with Crippen LogP contribution in [0.1, 0.15) is 33.4 Å². The molecule has 3 aromatic rings. The van der Waals surface area contributed by atoms with Gasteiger partial charge in [0.15, 0.2) is 0 Å². The fourth-order valence-electron chi connectivity index (χ4n) is 3.50. The highest BCUT2D eigenvalue weighted by atomic mass is 15.3. The van der Waals surface area contributed by atoms with E-state index in [-0.39, 0.29) is 0 Å². The third-order valence-electron chi connectivity index (χ3n) is 4.87. The minimum absolute atomic E-state index is 0.517. The number of anilines is 3. The molecule has 0 spiro atoms. The number of imidazole rings is 1. The predicted octanol–water partition coefficient (Wildman–Crippen LogP) is 3.95. The SMILES string of the molecule is Cc1cc(NCCN(C(C)C)C(C)C)nc(Nc2nc3ccccc3n2C)n1. The summed E-state index contributed by atoms with van der Waals surface area (Å²) >= 11 is 0. The Morgan fingerprint density at radius 3 is 2.43 bits per heavy atom. The monoisotopic (exact) mass is 381 g/mol. The van der Waals surface area contributed by atoms with Crippen molar-refractivity contribution < 1.29 is 0 Å². The molecular weight excluding hydrogens is 350 g/mol. The molecule has 150 valence electrons. The van der Waals surface area contributed by atoms with Crippen molar-refractivity contribution in [1.29, 1.82) is 0 Å². The molecule has 0 saturated heterocycles. The van der Waals surface area contributed by atoms with Crippen LogP contribution in [0.25, 0.3) is 11.0 Å². The zero-order valence-corrected chi connectivity index (χ0v) is 17.7. The molecule has 0 aliphatic rings. The van der Waals surface area contributed by atoms with Crippen LogP contribution in [0.15, 0.2) is 30.3 Å². The summed E-state index contributed by atoms with van der Waals surface area (Å²) in [6.45, 7) is 12.7. The first-order valence-corrected chi connectivity index (χ1v) is 9.89. The second kappa shape index (κ2) is 8.56. The number of fused-ring (bicyclic) bond motifs is 1. The quantitative estimate of drug-likeness (QED) is 0.616. The molecule has 0 amide bonds. The molecular formula is C21H31N7. The van der Waals surface area contributed by atoms with Crippen molar-refractivity contribution >= 4 is 28.7 Å². The largest absolute Gasteiger partial charge is 0.369 e. The summed E-state index contributed by atoms with van der Waals surface area (Å²) in [5.41, 5.74) is 2.92. The van der Waals surface area contributed by atoms with Crippen LogP contribution in [0, 0.1) is 6.92 Å². The number of hydrogen-bond donors (Lipinski definition) is 2. The van der Waals surface area contributed by atoms with Gasteiger partial charge in [-0.05, 0) is 46.8 Å². The van der Waals surface area contributed by atoms with Crippen molar-refractivity contribution in [2.24, 2.45) is 7.05 Å². The maximum Gasteiger partial charge on any atom is 0.231 e. The van der Waals surface area contributed by atoms with Crippen LogP contribution in [-0.4, -0.2) is 49.6 Å². The maximum atomic E-state index is 4.64. The van der Waals surface area contributed by atoms with Crippen molar-refractivity contribution in [3.8, 4) is 0 Å². The zero-order chi connectivity index (χ0) is 20.3. The van der Waals surface area contributed by atoms with Crippen molar-refractivity contribution in [2.45, 2.75) is 46.7 Å². The van der Waals surface area contributed by atoms with Gasteiger partial charge in [0, 0.05) is 44.0 Å². The number of aromatic nitrogens is 4. The van der Waals surface area contributed by atoms with Gasteiger partial charge >= 0.3 is 0 Å². The van der Waals surface area contributed by atoms with Crippen LogP contribution in [0.5, 0.6) is 0 Å². The first-order valence-electron chi connectivity index (χ1n) is 9.89. The molecule has 0 aliphatic heterocycles. The Morgan fingerprint density at radius 2 is 1.75 bits per heavy atom. The van der Waals surface area contributed by atoms with Gasteiger partial charge in [0.25, 0.3) is 0 Å². The summed E-state index contributed by atoms with van der Waals surface area (Å²) in [6, 6.07) is 11.0. The molecule has 1 aromatic carbocycles. The van der Waals surface area contributed by atoms with Gasteiger partial charge in [-0.25, -0.2) is 9.97 Å². The average molecular weight is 382 g/mol. The second-order valence-electron chi connectivity index (χ2n) is 7.68. The van der Waals surface area contributed by atoms with Crippen molar-refractivity contribution in [3.63, 3.8) is 0 Å². The summed E-state index contributed by atoms with van der Waals surface area (Å²) < 4.78 is 2.01. The van der Waals surface area contributed by atoms with E-state index in [9.17, 15) is 0 Å². The van der Waals surface area contributed by atoms with Crippen LogP contribution in [0.4, 0.5) is 17.7 Å². The van der Waals surface area contributed by atoms with Gasteiger partial charge in [-0.1, -0.05) is 12.1 Å². The Balaban J connectivity index is 1.71. The van der Waals surface area contributed by atoms with Gasteiger partial charge in [-0.3, -0.25) is 10.2 Å². The molecule has 2 N–H and O–H groups in total. The fourth-order valence-corrected chi connectivity index (χ4v) is 3.50. The van der Waals surface area contributed by atoms with Crippen molar-refractivity contribution in [3.05, 3.63) is 36.0 Å². The van der Waals surface area contributed by atoms with Gasteiger partial charge in [-0.15, -0.1) is 0 Å². The van der Waals surface area contributed by atoms with Gasteiger partial charge in [0.2, 0.25) is 11.9 Å². The Hall–Kier alpha value is -2.67. The molecule has 28 heavy (non-hydrogen) atoms. The van der Waals surface area contributed by atoms with E-state index in [1.807, 2.05) is 48.9 Å². The third-order valence-corrected chi connectivity index (χ3v) is 4.87. The molecule has 0 atom stereocenters. The van der Waals surface area contributed by atoms with Gasteiger partial charge < -0.3 is 9.88 Å². The van der Waals surface area contributed by atoms with E-state index < -0.39 is 0 Å². The Morgan fingerprint density at radius 1 is 1.04 bits per heavy atom.